The minimum atomic E-state index is -0.375. The molecular formula is C12H14N2O3. The topological polar surface area (TPSA) is 64.2 Å². The highest BCUT2D eigenvalue weighted by Crippen LogP contribution is 2.29. The van der Waals surface area contributed by atoms with Crippen LogP contribution in [-0.4, -0.2) is 29.9 Å². The molecule has 5 nitrogen and oxygen atoms in total. The number of carbonyl (C=O) groups is 1. The monoisotopic (exact) mass is 234 g/mol. The van der Waals surface area contributed by atoms with E-state index >= 15 is 0 Å². The van der Waals surface area contributed by atoms with Crippen LogP contribution in [0, 0.1) is 6.92 Å². The summed E-state index contributed by atoms with van der Waals surface area (Å²) >= 11 is 0. The molecule has 17 heavy (non-hydrogen) atoms. The molecule has 0 aliphatic heterocycles. The third-order valence-corrected chi connectivity index (χ3v) is 2.67. The fraction of sp³-hybridized carbons (Fsp3) is 0.333. The molecule has 0 atom stereocenters. The second kappa shape index (κ2) is 4.45. The summed E-state index contributed by atoms with van der Waals surface area (Å²) in [4.78, 5) is 11.8. The predicted molar refractivity (Wildman–Crippen MR) is 63.3 cm³/mol. The van der Waals surface area contributed by atoms with Crippen LogP contribution in [0.5, 0.6) is 5.75 Å². The molecule has 0 aliphatic rings. The Balaban J connectivity index is 2.65. The molecule has 0 saturated carbocycles. The van der Waals surface area contributed by atoms with Gasteiger partial charge in [-0.15, -0.1) is 0 Å². The van der Waals surface area contributed by atoms with Gasteiger partial charge in [0.05, 0.1) is 31.0 Å². The summed E-state index contributed by atoms with van der Waals surface area (Å²) in [6, 6.07) is 1.67. The molecule has 0 unspecified atom stereocenters. The van der Waals surface area contributed by atoms with Crippen molar-refractivity contribution in [1.29, 1.82) is 0 Å². The van der Waals surface area contributed by atoms with Gasteiger partial charge in [-0.3, -0.25) is 5.10 Å². The van der Waals surface area contributed by atoms with Gasteiger partial charge in [-0.1, -0.05) is 0 Å². The Hall–Kier alpha value is -2.04. The number of carbonyl (C=O) groups excluding carboxylic acids is 1. The second-order valence-electron chi connectivity index (χ2n) is 3.63. The Labute approximate surface area is 98.7 Å². The number of rotatable bonds is 3. The van der Waals surface area contributed by atoms with Crippen LogP contribution in [-0.2, 0) is 4.74 Å². The maximum Gasteiger partial charge on any atom is 0.340 e. The van der Waals surface area contributed by atoms with Gasteiger partial charge in [0.15, 0.2) is 0 Å². The number of fused-ring (bicyclic) bond motifs is 1. The Bertz CT molecular complexity index is 560. The lowest BCUT2D eigenvalue weighted by Gasteiger charge is -2.09. The number of aromatic nitrogens is 2. The first kappa shape index (κ1) is 11.4. The Morgan fingerprint density at radius 2 is 2.29 bits per heavy atom. The minimum Gasteiger partial charge on any atom is -0.496 e. The van der Waals surface area contributed by atoms with E-state index in [2.05, 4.69) is 10.2 Å². The summed E-state index contributed by atoms with van der Waals surface area (Å²) < 4.78 is 10.2. The van der Waals surface area contributed by atoms with E-state index in [0.717, 1.165) is 10.9 Å². The number of esters is 1. The van der Waals surface area contributed by atoms with E-state index < -0.39 is 0 Å². The number of hydrogen-bond donors (Lipinski definition) is 1. The molecule has 90 valence electrons. The predicted octanol–water partition coefficient (Wildman–Crippen LogP) is 2.06. The SMILES string of the molecule is CCOC(=O)c1cc(OC)c(C)c2cn[nH]c12. The molecule has 1 aromatic carbocycles. The molecular weight excluding hydrogens is 220 g/mol. The van der Waals surface area contributed by atoms with Crippen molar-refractivity contribution >= 4 is 16.9 Å². The molecule has 1 N–H and O–H groups in total. The van der Waals surface area contributed by atoms with E-state index in [4.69, 9.17) is 9.47 Å². The molecule has 0 saturated heterocycles. The zero-order valence-electron chi connectivity index (χ0n) is 10.0. The van der Waals surface area contributed by atoms with Gasteiger partial charge >= 0.3 is 5.97 Å². The molecule has 2 aromatic rings. The zero-order chi connectivity index (χ0) is 12.4. The standard InChI is InChI=1S/C12H14N2O3/c1-4-17-12(15)8-5-10(16-3)7(2)9-6-13-14-11(8)9/h5-6H,4H2,1-3H3,(H,13,14). The molecule has 1 heterocycles. The van der Waals surface area contributed by atoms with E-state index in [1.165, 1.54) is 0 Å². The van der Waals surface area contributed by atoms with Crippen molar-refractivity contribution in [2.75, 3.05) is 13.7 Å². The van der Waals surface area contributed by atoms with Crippen LogP contribution in [0.25, 0.3) is 10.9 Å². The summed E-state index contributed by atoms with van der Waals surface area (Å²) in [7, 11) is 1.57. The number of ether oxygens (including phenoxy) is 2. The van der Waals surface area contributed by atoms with Crippen LogP contribution < -0.4 is 4.74 Å². The van der Waals surface area contributed by atoms with E-state index in [0.29, 0.717) is 23.4 Å². The van der Waals surface area contributed by atoms with Crippen LogP contribution in [0.3, 0.4) is 0 Å². The number of aromatic amines is 1. The van der Waals surface area contributed by atoms with Crippen LogP contribution in [0.2, 0.25) is 0 Å². The maximum atomic E-state index is 11.8. The summed E-state index contributed by atoms with van der Waals surface area (Å²) in [5.41, 5.74) is 2.08. The third-order valence-electron chi connectivity index (χ3n) is 2.67. The largest absolute Gasteiger partial charge is 0.496 e. The summed E-state index contributed by atoms with van der Waals surface area (Å²) in [5.74, 6) is 0.280. The van der Waals surface area contributed by atoms with Crippen LogP contribution in [0.4, 0.5) is 0 Å². The highest BCUT2D eigenvalue weighted by molar-refractivity contribution is 6.04. The lowest BCUT2D eigenvalue weighted by molar-refractivity contribution is 0.0528. The first-order valence-electron chi connectivity index (χ1n) is 5.36. The summed E-state index contributed by atoms with van der Waals surface area (Å²) in [6.07, 6.45) is 1.68. The molecule has 5 heteroatoms. The van der Waals surface area contributed by atoms with Crippen molar-refractivity contribution in [3.63, 3.8) is 0 Å². The van der Waals surface area contributed by atoms with E-state index in [1.807, 2.05) is 6.92 Å². The molecule has 2 rings (SSSR count). The number of H-pyrrole nitrogens is 1. The van der Waals surface area contributed by atoms with Crippen molar-refractivity contribution in [1.82, 2.24) is 10.2 Å². The highest BCUT2D eigenvalue weighted by Gasteiger charge is 2.17. The first-order valence-corrected chi connectivity index (χ1v) is 5.36. The van der Waals surface area contributed by atoms with E-state index in [9.17, 15) is 4.79 Å². The molecule has 0 aliphatic carbocycles. The number of aryl methyl sites for hydroxylation is 1. The molecule has 0 bridgehead atoms. The van der Waals surface area contributed by atoms with Crippen molar-refractivity contribution in [2.24, 2.45) is 0 Å². The summed E-state index contributed by atoms with van der Waals surface area (Å²) in [5, 5.41) is 7.63. The quantitative estimate of drug-likeness (QED) is 0.825. The highest BCUT2D eigenvalue weighted by atomic mass is 16.5. The Morgan fingerprint density at radius 3 is 2.94 bits per heavy atom. The minimum absolute atomic E-state index is 0.338. The smallest absolute Gasteiger partial charge is 0.340 e. The molecule has 0 fully saturated rings. The lowest BCUT2D eigenvalue weighted by atomic mass is 10.1. The second-order valence-corrected chi connectivity index (χ2v) is 3.63. The normalized spacial score (nSPS) is 10.5. The summed E-state index contributed by atoms with van der Waals surface area (Å²) in [6.45, 7) is 4.03. The Morgan fingerprint density at radius 1 is 1.53 bits per heavy atom. The van der Waals surface area contributed by atoms with Gasteiger partial charge < -0.3 is 9.47 Å². The van der Waals surface area contributed by atoms with Crippen LogP contribution in [0.15, 0.2) is 12.3 Å². The van der Waals surface area contributed by atoms with Gasteiger partial charge in [-0.05, 0) is 19.9 Å². The number of nitrogens with one attached hydrogen (secondary N) is 1. The molecule has 1 aromatic heterocycles. The van der Waals surface area contributed by atoms with Crippen molar-refractivity contribution in [3.05, 3.63) is 23.4 Å². The average molecular weight is 234 g/mol. The Kier molecular flexibility index (Phi) is 2.99. The van der Waals surface area contributed by atoms with E-state index in [1.54, 1.807) is 26.3 Å². The van der Waals surface area contributed by atoms with Gasteiger partial charge in [0, 0.05) is 10.9 Å². The van der Waals surface area contributed by atoms with Gasteiger partial charge in [-0.25, -0.2) is 4.79 Å². The van der Waals surface area contributed by atoms with Gasteiger partial charge in [0.1, 0.15) is 5.75 Å². The molecule has 0 amide bonds. The number of benzene rings is 1. The lowest BCUT2D eigenvalue weighted by Crippen LogP contribution is -2.06. The third kappa shape index (κ3) is 1.84. The zero-order valence-corrected chi connectivity index (χ0v) is 10.0. The van der Waals surface area contributed by atoms with Crippen molar-refractivity contribution < 1.29 is 14.3 Å². The number of hydrogen-bond acceptors (Lipinski definition) is 4. The number of nitrogens with zero attached hydrogens (tertiary/aromatic N) is 1. The van der Waals surface area contributed by atoms with E-state index in [-0.39, 0.29) is 5.97 Å². The van der Waals surface area contributed by atoms with Crippen molar-refractivity contribution in [2.45, 2.75) is 13.8 Å². The van der Waals surface area contributed by atoms with Gasteiger partial charge in [-0.2, -0.15) is 5.10 Å². The van der Waals surface area contributed by atoms with Crippen molar-refractivity contribution in [3.8, 4) is 5.75 Å². The maximum absolute atomic E-state index is 11.8. The molecule has 0 spiro atoms. The number of methoxy groups -OCH3 is 1. The first-order chi connectivity index (χ1) is 8.19. The van der Waals surface area contributed by atoms with Crippen LogP contribution in [0.1, 0.15) is 22.8 Å². The van der Waals surface area contributed by atoms with Gasteiger partial charge in [0.2, 0.25) is 0 Å². The fourth-order valence-electron chi connectivity index (χ4n) is 1.80. The van der Waals surface area contributed by atoms with Crippen LogP contribution >= 0.6 is 0 Å². The van der Waals surface area contributed by atoms with Gasteiger partial charge in [0.25, 0.3) is 0 Å². The average Bonchev–Trinajstić information content (AvgIpc) is 2.79. The molecule has 0 radical (unpaired) electrons. The fourth-order valence-corrected chi connectivity index (χ4v) is 1.80.